The van der Waals surface area contributed by atoms with Gasteiger partial charge in [0, 0.05) is 12.1 Å². The van der Waals surface area contributed by atoms with Crippen LogP contribution in [0.15, 0.2) is 39.9 Å². The number of hydrogen-bond donors (Lipinski definition) is 2. The number of anilines is 1. The summed E-state index contributed by atoms with van der Waals surface area (Å²) < 4.78 is 30.9. The highest BCUT2D eigenvalue weighted by molar-refractivity contribution is 7.89. The first kappa shape index (κ1) is 14.0. The van der Waals surface area contributed by atoms with Gasteiger partial charge in [-0.25, -0.2) is 13.1 Å². The summed E-state index contributed by atoms with van der Waals surface area (Å²) in [5.74, 6) is 0.337. The summed E-state index contributed by atoms with van der Waals surface area (Å²) in [6, 6.07) is 4.68. The molecule has 1 aromatic carbocycles. The van der Waals surface area contributed by atoms with Crippen LogP contribution < -0.4 is 10.5 Å². The predicted octanol–water partition coefficient (Wildman–Crippen LogP) is 0.643. The zero-order valence-corrected chi connectivity index (χ0v) is 10.8. The van der Waals surface area contributed by atoms with Crippen LogP contribution in [-0.4, -0.2) is 18.5 Å². The van der Waals surface area contributed by atoms with Crippen LogP contribution in [0, 0.1) is 10.1 Å². The van der Waals surface area contributed by atoms with E-state index in [0.29, 0.717) is 5.76 Å². The quantitative estimate of drug-likeness (QED) is 0.468. The van der Waals surface area contributed by atoms with Crippen molar-refractivity contribution in [1.82, 2.24) is 9.88 Å². The maximum absolute atomic E-state index is 12.0. The first-order chi connectivity index (χ1) is 9.40. The molecule has 0 spiro atoms. The van der Waals surface area contributed by atoms with E-state index in [4.69, 9.17) is 10.3 Å². The Kier molecular flexibility index (Phi) is 3.68. The lowest BCUT2D eigenvalue weighted by atomic mass is 10.3. The first-order valence-electron chi connectivity index (χ1n) is 5.33. The molecule has 2 rings (SSSR count). The lowest BCUT2D eigenvalue weighted by molar-refractivity contribution is -0.383. The van der Waals surface area contributed by atoms with E-state index in [1.165, 1.54) is 12.3 Å². The zero-order chi connectivity index (χ0) is 14.8. The van der Waals surface area contributed by atoms with Gasteiger partial charge >= 0.3 is 0 Å². The Labute approximate surface area is 113 Å². The van der Waals surface area contributed by atoms with Crippen LogP contribution in [0.2, 0.25) is 0 Å². The Morgan fingerprint density at radius 2 is 2.15 bits per heavy atom. The molecule has 2 aromatic rings. The highest BCUT2D eigenvalue weighted by Crippen LogP contribution is 2.24. The van der Waals surface area contributed by atoms with Gasteiger partial charge < -0.3 is 10.3 Å². The molecule has 106 valence electrons. The third-order valence-electron chi connectivity index (χ3n) is 2.43. The Hall–Kier alpha value is -2.46. The average Bonchev–Trinajstić information content (AvgIpc) is 2.89. The van der Waals surface area contributed by atoms with Crippen molar-refractivity contribution < 1.29 is 17.9 Å². The number of aromatic nitrogens is 1. The van der Waals surface area contributed by atoms with Gasteiger partial charge in [-0.15, -0.1) is 0 Å². The summed E-state index contributed by atoms with van der Waals surface area (Å²) in [6.07, 6.45) is 1.38. The predicted molar refractivity (Wildman–Crippen MR) is 68.0 cm³/mol. The van der Waals surface area contributed by atoms with Gasteiger partial charge in [0.2, 0.25) is 10.0 Å². The van der Waals surface area contributed by atoms with Crippen molar-refractivity contribution >= 4 is 21.4 Å². The van der Waals surface area contributed by atoms with Crippen molar-refractivity contribution in [2.75, 3.05) is 5.73 Å². The second-order valence-corrected chi connectivity index (χ2v) is 5.55. The first-order valence-corrected chi connectivity index (χ1v) is 6.81. The van der Waals surface area contributed by atoms with E-state index >= 15 is 0 Å². The average molecular weight is 298 g/mol. The van der Waals surface area contributed by atoms with Crippen LogP contribution in [0.3, 0.4) is 0 Å². The van der Waals surface area contributed by atoms with E-state index in [0.717, 1.165) is 18.2 Å². The maximum Gasteiger partial charge on any atom is 0.292 e. The summed E-state index contributed by atoms with van der Waals surface area (Å²) >= 11 is 0. The van der Waals surface area contributed by atoms with Crippen molar-refractivity contribution in [2.24, 2.45) is 0 Å². The standard InChI is InChI=1S/C10H10N4O5S/c11-9-5-8(1-2-10(9)14(15)16)20(17,18)13-6-7-3-4-12-19-7/h1-5,13H,6,11H2. The fraction of sp³-hybridized carbons (Fsp3) is 0.100. The number of benzene rings is 1. The third-order valence-corrected chi connectivity index (χ3v) is 3.83. The van der Waals surface area contributed by atoms with Gasteiger partial charge in [0.15, 0.2) is 5.76 Å². The second-order valence-electron chi connectivity index (χ2n) is 3.78. The molecule has 0 amide bonds. The minimum atomic E-state index is -3.84. The summed E-state index contributed by atoms with van der Waals surface area (Å²) in [5.41, 5.74) is 4.87. The number of nitrogens with zero attached hydrogens (tertiary/aromatic N) is 2. The number of hydrogen-bond acceptors (Lipinski definition) is 7. The number of rotatable bonds is 5. The highest BCUT2D eigenvalue weighted by atomic mass is 32.2. The molecular weight excluding hydrogens is 288 g/mol. The van der Waals surface area contributed by atoms with Crippen LogP contribution >= 0.6 is 0 Å². The Morgan fingerprint density at radius 3 is 2.70 bits per heavy atom. The normalized spacial score (nSPS) is 11.4. The van der Waals surface area contributed by atoms with E-state index < -0.39 is 14.9 Å². The number of nitrogens with one attached hydrogen (secondary N) is 1. The fourth-order valence-corrected chi connectivity index (χ4v) is 2.48. The van der Waals surface area contributed by atoms with E-state index in [1.54, 1.807) is 0 Å². The molecule has 0 radical (unpaired) electrons. The number of nitrogen functional groups attached to an aromatic ring is 1. The fourth-order valence-electron chi connectivity index (χ4n) is 1.45. The summed E-state index contributed by atoms with van der Waals surface area (Å²) in [4.78, 5) is 9.75. The van der Waals surface area contributed by atoms with Crippen LogP contribution in [0.5, 0.6) is 0 Å². The topological polar surface area (TPSA) is 141 Å². The lowest BCUT2D eigenvalue weighted by Gasteiger charge is -2.06. The van der Waals surface area contributed by atoms with Gasteiger partial charge in [-0.2, -0.15) is 0 Å². The monoisotopic (exact) mass is 298 g/mol. The minimum absolute atomic E-state index is 0.0841. The van der Waals surface area contributed by atoms with Crippen molar-refractivity contribution in [2.45, 2.75) is 11.4 Å². The van der Waals surface area contributed by atoms with Gasteiger partial charge in [-0.1, -0.05) is 5.16 Å². The van der Waals surface area contributed by atoms with E-state index in [1.807, 2.05) is 0 Å². The SMILES string of the molecule is Nc1cc(S(=O)(=O)NCc2ccno2)ccc1[N+](=O)[O-]. The van der Waals surface area contributed by atoms with Crippen molar-refractivity contribution in [3.63, 3.8) is 0 Å². The molecule has 9 nitrogen and oxygen atoms in total. The molecule has 0 aliphatic rings. The number of nitro groups is 1. The molecule has 0 fully saturated rings. The molecule has 0 saturated heterocycles. The molecule has 0 aliphatic heterocycles. The smallest absolute Gasteiger partial charge is 0.292 e. The van der Waals surface area contributed by atoms with Crippen molar-refractivity contribution in [1.29, 1.82) is 0 Å². The second kappa shape index (κ2) is 5.27. The third kappa shape index (κ3) is 2.92. The number of nitrogens with two attached hydrogens (primary N) is 1. The molecule has 3 N–H and O–H groups in total. The summed E-state index contributed by atoms with van der Waals surface area (Å²) in [6.45, 7) is -0.0841. The maximum atomic E-state index is 12.0. The van der Waals surface area contributed by atoms with Gasteiger partial charge in [0.05, 0.1) is 22.6 Å². The lowest BCUT2D eigenvalue weighted by Crippen LogP contribution is -2.23. The molecular formula is C10H10N4O5S. The number of nitro benzene ring substituents is 1. The zero-order valence-electron chi connectivity index (χ0n) is 10.0. The van der Waals surface area contributed by atoms with Gasteiger partial charge in [0.25, 0.3) is 5.69 Å². The minimum Gasteiger partial charge on any atom is -0.393 e. The molecule has 10 heteroatoms. The Balaban J connectivity index is 2.21. The molecule has 0 saturated carbocycles. The van der Waals surface area contributed by atoms with Crippen molar-refractivity contribution in [3.8, 4) is 0 Å². The molecule has 0 atom stereocenters. The van der Waals surface area contributed by atoms with Crippen LogP contribution in [-0.2, 0) is 16.6 Å². The highest BCUT2D eigenvalue weighted by Gasteiger charge is 2.19. The van der Waals surface area contributed by atoms with Gasteiger partial charge in [-0.3, -0.25) is 10.1 Å². The van der Waals surface area contributed by atoms with E-state index in [9.17, 15) is 18.5 Å². The van der Waals surface area contributed by atoms with E-state index in [-0.39, 0.29) is 22.8 Å². The van der Waals surface area contributed by atoms with Gasteiger partial charge in [0.1, 0.15) is 5.69 Å². The molecule has 0 unspecified atom stereocenters. The molecule has 1 aromatic heterocycles. The van der Waals surface area contributed by atoms with Gasteiger partial charge in [-0.05, 0) is 12.1 Å². The Bertz CT molecular complexity index is 726. The molecule has 0 aliphatic carbocycles. The molecule has 0 bridgehead atoms. The molecule has 20 heavy (non-hydrogen) atoms. The summed E-state index contributed by atoms with van der Waals surface area (Å²) in [7, 11) is -3.84. The largest absolute Gasteiger partial charge is 0.393 e. The van der Waals surface area contributed by atoms with E-state index in [2.05, 4.69) is 9.88 Å². The van der Waals surface area contributed by atoms with Crippen LogP contribution in [0.4, 0.5) is 11.4 Å². The molecule has 1 heterocycles. The van der Waals surface area contributed by atoms with Crippen LogP contribution in [0.25, 0.3) is 0 Å². The van der Waals surface area contributed by atoms with Crippen molar-refractivity contribution in [3.05, 3.63) is 46.3 Å². The summed E-state index contributed by atoms with van der Waals surface area (Å²) in [5, 5.41) is 14.0. The Morgan fingerprint density at radius 1 is 1.40 bits per heavy atom. The van der Waals surface area contributed by atoms with Crippen LogP contribution in [0.1, 0.15) is 5.76 Å². The number of sulfonamides is 1.